The van der Waals surface area contributed by atoms with Gasteiger partial charge in [-0.05, 0) is 30.0 Å². The Labute approximate surface area is 127 Å². The molecule has 0 aliphatic heterocycles. The van der Waals surface area contributed by atoms with Crippen molar-refractivity contribution in [2.75, 3.05) is 20.6 Å². The van der Waals surface area contributed by atoms with E-state index in [2.05, 4.69) is 5.32 Å². The molecule has 2 rings (SSSR count). The highest BCUT2D eigenvalue weighted by Gasteiger charge is 2.23. The van der Waals surface area contributed by atoms with Crippen molar-refractivity contribution in [1.29, 1.82) is 0 Å². The third-order valence-corrected chi connectivity index (χ3v) is 5.40. The third kappa shape index (κ3) is 3.72. The second-order valence-corrected chi connectivity index (χ2v) is 7.61. The quantitative estimate of drug-likeness (QED) is 0.873. The number of carbonyl (C=O) groups excluding carboxylic acids is 1. The topological polar surface area (TPSA) is 79.6 Å². The van der Waals surface area contributed by atoms with Gasteiger partial charge in [0.25, 0.3) is 15.9 Å². The first-order valence-electron chi connectivity index (χ1n) is 6.24. The van der Waals surface area contributed by atoms with Crippen LogP contribution in [0.1, 0.15) is 15.4 Å². The van der Waals surface area contributed by atoms with E-state index in [1.807, 2.05) is 17.5 Å². The molecule has 0 atom stereocenters. The zero-order valence-corrected chi connectivity index (χ0v) is 13.3. The van der Waals surface area contributed by atoms with Crippen LogP contribution in [0.5, 0.6) is 0 Å². The molecule has 2 heterocycles. The SMILES string of the molecule is CN(C)S(=O)(=O)c1ccc(C(=O)NCCc2cccs2)o1. The van der Waals surface area contributed by atoms with Crippen molar-refractivity contribution in [3.63, 3.8) is 0 Å². The lowest BCUT2D eigenvalue weighted by Gasteiger charge is -2.07. The highest BCUT2D eigenvalue weighted by atomic mass is 32.2. The molecule has 0 aromatic carbocycles. The molecule has 0 saturated heterocycles. The Kier molecular flexibility index (Phi) is 4.81. The summed E-state index contributed by atoms with van der Waals surface area (Å²) in [6.07, 6.45) is 0.729. The van der Waals surface area contributed by atoms with E-state index in [1.54, 1.807) is 11.3 Å². The van der Waals surface area contributed by atoms with E-state index >= 15 is 0 Å². The largest absolute Gasteiger partial charge is 0.438 e. The molecule has 114 valence electrons. The van der Waals surface area contributed by atoms with Gasteiger partial charge in [0.1, 0.15) is 0 Å². The number of nitrogens with zero attached hydrogens (tertiary/aromatic N) is 1. The molecule has 0 bridgehead atoms. The van der Waals surface area contributed by atoms with Crippen molar-refractivity contribution >= 4 is 27.3 Å². The summed E-state index contributed by atoms with van der Waals surface area (Å²) in [5.41, 5.74) is 0. The van der Waals surface area contributed by atoms with Crippen LogP contribution in [0.2, 0.25) is 0 Å². The summed E-state index contributed by atoms with van der Waals surface area (Å²) in [6.45, 7) is 0.468. The molecule has 2 aromatic heterocycles. The van der Waals surface area contributed by atoms with E-state index in [1.165, 1.54) is 31.1 Å². The smallest absolute Gasteiger partial charge is 0.287 e. The van der Waals surface area contributed by atoms with E-state index in [0.717, 1.165) is 10.7 Å². The van der Waals surface area contributed by atoms with E-state index < -0.39 is 15.9 Å². The number of carbonyl (C=O) groups is 1. The average Bonchev–Trinajstić information content (AvgIpc) is 3.09. The predicted molar refractivity (Wildman–Crippen MR) is 79.9 cm³/mol. The summed E-state index contributed by atoms with van der Waals surface area (Å²) in [5, 5.41) is 4.43. The molecule has 0 fully saturated rings. The fraction of sp³-hybridized carbons (Fsp3) is 0.308. The highest BCUT2D eigenvalue weighted by Crippen LogP contribution is 2.16. The van der Waals surface area contributed by atoms with Crippen molar-refractivity contribution in [2.24, 2.45) is 0 Å². The molecule has 0 radical (unpaired) electrons. The first-order valence-corrected chi connectivity index (χ1v) is 8.56. The zero-order valence-electron chi connectivity index (χ0n) is 11.7. The lowest BCUT2D eigenvalue weighted by atomic mass is 10.3. The van der Waals surface area contributed by atoms with Crippen molar-refractivity contribution in [2.45, 2.75) is 11.5 Å². The van der Waals surface area contributed by atoms with Gasteiger partial charge in [-0.2, -0.15) is 0 Å². The van der Waals surface area contributed by atoms with Gasteiger partial charge in [0.15, 0.2) is 5.76 Å². The van der Waals surface area contributed by atoms with Gasteiger partial charge in [-0.1, -0.05) is 6.07 Å². The minimum Gasteiger partial charge on any atom is -0.438 e. The first-order chi connectivity index (χ1) is 9.91. The molecule has 6 nitrogen and oxygen atoms in total. The second kappa shape index (κ2) is 6.42. The Morgan fingerprint density at radius 3 is 2.71 bits per heavy atom. The monoisotopic (exact) mass is 328 g/mol. The van der Waals surface area contributed by atoms with Crippen LogP contribution < -0.4 is 5.32 Å². The van der Waals surface area contributed by atoms with Gasteiger partial charge in [0, 0.05) is 25.5 Å². The number of hydrogen-bond donors (Lipinski definition) is 1. The standard InChI is InChI=1S/C13H16N2O4S2/c1-15(2)21(17,18)12-6-5-11(19-12)13(16)14-8-7-10-4-3-9-20-10/h3-6,9H,7-8H2,1-2H3,(H,14,16). The Bertz CT molecular complexity index is 702. The molecule has 0 aliphatic carbocycles. The number of furan rings is 1. The van der Waals surface area contributed by atoms with E-state index in [9.17, 15) is 13.2 Å². The molecule has 21 heavy (non-hydrogen) atoms. The summed E-state index contributed by atoms with van der Waals surface area (Å²) in [7, 11) is -0.854. The summed E-state index contributed by atoms with van der Waals surface area (Å²) in [4.78, 5) is 13.0. The maximum atomic E-state index is 11.9. The minimum absolute atomic E-state index is 0.0124. The van der Waals surface area contributed by atoms with Crippen LogP contribution in [0.15, 0.2) is 39.2 Å². The number of nitrogens with one attached hydrogen (secondary N) is 1. The van der Waals surface area contributed by atoms with E-state index in [4.69, 9.17) is 4.42 Å². The molecule has 0 aliphatic rings. The number of sulfonamides is 1. The van der Waals surface area contributed by atoms with Gasteiger partial charge in [-0.25, -0.2) is 12.7 Å². The fourth-order valence-corrected chi connectivity index (χ4v) is 3.11. The van der Waals surface area contributed by atoms with Crippen LogP contribution in [0, 0.1) is 0 Å². The Balaban J connectivity index is 1.96. The van der Waals surface area contributed by atoms with E-state index in [0.29, 0.717) is 6.54 Å². The zero-order chi connectivity index (χ0) is 15.5. The molecule has 0 spiro atoms. The van der Waals surface area contributed by atoms with Gasteiger partial charge in [-0.3, -0.25) is 4.79 Å². The number of hydrogen-bond acceptors (Lipinski definition) is 5. The van der Waals surface area contributed by atoms with Crippen LogP contribution in [0.25, 0.3) is 0 Å². The van der Waals surface area contributed by atoms with Gasteiger partial charge >= 0.3 is 0 Å². The van der Waals surface area contributed by atoms with Gasteiger partial charge in [0.2, 0.25) is 5.09 Å². The Morgan fingerprint density at radius 2 is 2.10 bits per heavy atom. The number of rotatable bonds is 6. The lowest BCUT2D eigenvalue weighted by molar-refractivity contribution is 0.0921. The van der Waals surface area contributed by atoms with Crippen LogP contribution >= 0.6 is 11.3 Å². The molecule has 1 amide bonds. The maximum Gasteiger partial charge on any atom is 0.287 e. The number of thiophene rings is 1. The molecule has 8 heteroatoms. The van der Waals surface area contributed by atoms with Crippen LogP contribution in [-0.4, -0.2) is 39.3 Å². The average molecular weight is 328 g/mol. The summed E-state index contributed by atoms with van der Waals surface area (Å²) >= 11 is 1.62. The summed E-state index contributed by atoms with van der Waals surface area (Å²) < 4.78 is 29.8. The molecule has 0 unspecified atom stereocenters. The minimum atomic E-state index is -3.66. The molecule has 1 N–H and O–H groups in total. The highest BCUT2D eigenvalue weighted by molar-refractivity contribution is 7.88. The second-order valence-electron chi connectivity index (χ2n) is 4.49. The summed E-state index contributed by atoms with van der Waals surface area (Å²) in [5.74, 6) is -0.437. The maximum absolute atomic E-state index is 11.9. The van der Waals surface area contributed by atoms with Gasteiger partial charge in [-0.15, -0.1) is 11.3 Å². The van der Waals surface area contributed by atoms with Crippen LogP contribution in [0.4, 0.5) is 0 Å². The van der Waals surface area contributed by atoms with Crippen molar-refractivity contribution < 1.29 is 17.6 Å². The molecule has 0 saturated carbocycles. The first kappa shape index (κ1) is 15.7. The van der Waals surface area contributed by atoms with E-state index in [-0.39, 0.29) is 10.9 Å². The predicted octanol–water partition coefficient (Wildman–Crippen LogP) is 1.56. The van der Waals surface area contributed by atoms with Crippen LogP contribution in [0.3, 0.4) is 0 Å². The summed E-state index contributed by atoms with van der Waals surface area (Å²) in [6, 6.07) is 6.58. The lowest BCUT2D eigenvalue weighted by Crippen LogP contribution is -2.25. The van der Waals surface area contributed by atoms with Crippen LogP contribution in [-0.2, 0) is 16.4 Å². The fourth-order valence-electron chi connectivity index (χ4n) is 1.60. The normalized spacial score (nSPS) is 11.8. The van der Waals surface area contributed by atoms with Crippen molar-refractivity contribution in [3.05, 3.63) is 40.3 Å². The van der Waals surface area contributed by atoms with Gasteiger partial charge in [0.05, 0.1) is 0 Å². The van der Waals surface area contributed by atoms with Crippen molar-refractivity contribution in [1.82, 2.24) is 9.62 Å². The number of amides is 1. The Morgan fingerprint density at radius 1 is 1.33 bits per heavy atom. The van der Waals surface area contributed by atoms with Crippen molar-refractivity contribution in [3.8, 4) is 0 Å². The molecular weight excluding hydrogens is 312 g/mol. The third-order valence-electron chi connectivity index (χ3n) is 2.78. The van der Waals surface area contributed by atoms with Gasteiger partial charge < -0.3 is 9.73 Å². The Hall–Kier alpha value is -1.64. The molecular formula is C13H16N2O4S2. The molecule has 2 aromatic rings.